The van der Waals surface area contributed by atoms with Gasteiger partial charge in [0.25, 0.3) is 5.91 Å². The van der Waals surface area contributed by atoms with Crippen LogP contribution in [0.2, 0.25) is 0 Å². The first-order valence-corrected chi connectivity index (χ1v) is 8.81. The first-order chi connectivity index (χ1) is 13.5. The largest absolute Gasteiger partial charge is 0.497 e. The molecule has 0 fully saturated rings. The van der Waals surface area contributed by atoms with Crippen molar-refractivity contribution in [2.45, 2.75) is 19.8 Å². The van der Waals surface area contributed by atoms with Crippen LogP contribution in [0.5, 0.6) is 11.5 Å². The third-order valence-corrected chi connectivity index (χ3v) is 3.77. The van der Waals surface area contributed by atoms with Crippen molar-refractivity contribution in [2.24, 2.45) is 0 Å². The number of Topliss-reactive ketones (excluding diaryl/α,β-unsaturated/α-hetero) is 1. The Morgan fingerprint density at radius 3 is 2.39 bits per heavy atom. The lowest BCUT2D eigenvalue weighted by atomic mass is 10.1. The number of benzene rings is 2. The van der Waals surface area contributed by atoms with Crippen LogP contribution in [0.3, 0.4) is 0 Å². The lowest BCUT2D eigenvalue weighted by molar-refractivity contribution is -0.147. The molecular formula is C21H23NO6. The summed E-state index contributed by atoms with van der Waals surface area (Å²) in [4.78, 5) is 34.9. The van der Waals surface area contributed by atoms with Gasteiger partial charge in [-0.25, -0.2) is 0 Å². The molecule has 0 aliphatic carbocycles. The van der Waals surface area contributed by atoms with E-state index in [2.05, 4.69) is 5.32 Å². The van der Waals surface area contributed by atoms with Gasteiger partial charge in [0, 0.05) is 17.7 Å². The molecule has 0 atom stereocenters. The highest BCUT2D eigenvalue weighted by molar-refractivity contribution is 5.97. The van der Waals surface area contributed by atoms with Gasteiger partial charge in [0.2, 0.25) is 0 Å². The highest BCUT2D eigenvalue weighted by atomic mass is 16.5. The molecule has 0 saturated heterocycles. The molecule has 1 N–H and O–H groups in total. The molecule has 0 unspecified atom stereocenters. The number of hydrogen-bond donors (Lipinski definition) is 1. The van der Waals surface area contributed by atoms with Crippen LogP contribution < -0.4 is 14.8 Å². The summed E-state index contributed by atoms with van der Waals surface area (Å²) in [5.74, 6) is 0.373. The van der Waals surface area contributed by atoms with Crippen LogP contribution in [-0.4, -0.2) is 38.0 Å². The van der Waals surface area contributed by atoms with Crippen molar-refractivity contribution >= 4 is 23.3 Å². The third kappa shape index (κ3) is 7.11. The molecule has 2 aromatic rings. The molecule has 2 rings (SSSR count). The minimum Gasteiger partial charge on any atom is -0.497 e. The van der Waals surface area contributed by atoms with E-state index in [0.717, 1.165) is 5.75 Å². The van der Waals surface area contributed by atoms with E-state index in [9.17, 15) is 14.4 Å². The second-order valence-corrected chi connectivity index (χ2v) is 5.97. The van der Waals surface area contributed by atoms with Crippen molar-refractivity contribution in [1.82, 2.24) is 0 Å². The molecule has 1 amide bonds. The molecular weight excluding hydrogens is 362 g/mol. The van der Waals surface area contributed by atoms with Crippen LogP contribution in [0, 0.1) is 0 Å². The maximum absolute atomic E-state index is 11.9. The standard InChI is InChI=1S/C21H23NO6/c1-15(23)16-5-3-6-17(13-16)22-20(24)14-28-21(25)7-4-12-27-19-10-8-18(26-2)9-11-19/h3,5-6,8-11,13H,4,7,12,14H2,1-2H3,(H,22,24). The molecule has 2 aromatic carbocycles. The summed E-state index contributed by atoms with van der Waals surface area (Å²) in [5.41, 5.74) is 0.966. The van der Waals surface area contributed by atoms with Crippen LogP contribution in [0.1, 0.15) is 30.1 Å². The molecule has 7 nitrogen and oxygen atoms in total. The summed E-state index contributed by atoms with van der Waals surface area (Å²) in [6.07, 6.45) is 0.608. The molecule has 0 radical (unpaired) electrons. The summed E-state index contributed by atoms with van der Waals surface area (Å²) in [5, 5.41) is 2.59. The van der Waals surface area contributed by atoms with Crippen LogP contribution in [0.15, 0.2) is 48.5 Å². The van der Waals surface area contributed by atoms with Crippen molar-refractivity contribution in [3.63, 3.8) is 0 Å². The lowest BCUT2D eigenvalue weighted by Crippen LogP contribution is -2.21. The Labute approximate surface area is 163 Å². The monoisotopic (exact) mass is 385 g/mol. The molecule has 0 spiro atoms. The van der Waals surface area contributed by atoms with Crippen LogP contribution in [-0.2, 0) is 14.3 Å². The number of esters is 1. The third-order valence-electron chi connectivity index (χ3n) is 3.77. The van der Waals surface area contributed by atoms with E-state index >= 15 is 0 Å². The quantitative estimate of drug-likeness (QED) is 0.384. The number of amides is 1. The molecule has 0 heterocycles. The number of anilines is 1. The average Bonchev–Trinajstić information content (AvgIpc) is 2.70. The summed E-state index contributed by atoms with van der Waals surface area (Å²) in [6, 6.07) is 13.7. The van der Waals surface area contributed by atoms with Crippen molar-refractivity contribution in [3.05, 3.63) is 54.1 Å². The zero-order chi connectivity index (χ0) is 20.4. The van der Waals surface area contributed by atoms with Gasteiger partial charge in [0.15, 0.2) is 12.4 Å². The van der Waals surface area contributed by atoms with Gasteiger partial charge in [-0.15, -0.1) is 0 Å². The molecule has 0 aliphatic rings. The first kappa shape index (κ1) is 21.0. The average molecular weight is 385 g/mol. The number of nitrogens with one attached hydrogen (secondary N) is 1. The van der Waals surface area contributed by atoms with Gasteiger partial charge in [-0.1, -0.05) is 12.1 Å². The van der Waals surface area contributed by atoms with Gasteiger partial charge in [0.1, 0.15) is 11.5 Å². The number of hydrogen-bond acceptors (Lipinski definition) is 6. The van der Waals surface area contributed by atoms with Crippen molar-refractivity contribution in [2.75, 3.05) is 25.6 Å². The summed E-state index contributed by atoms with van der Waals surface area (Å²) < 4.78 is 15.5. The summed E-state index contributed by atoms with van der Waals surface area (Å²) in [6.45, 7) is 1.41. The minimum atomic E-state index is -0.481. The molecule has 0 saturated carbocycles. The second kappa shape index (κ2) is 10.7. The van der Waals surface area contributed by atoms with E-state index in [-0.39, 0.29) is 18.8 Å². The molecule has 148 valence electrons. The fourth-order valence-corrected chi connectivity index (χ4v) is 2.31. The van der Waals surface area contributed by atoms with Crippen molar-refractivity contribution in [1.29, 1.82) is 0 Å². The van der Waals surface area contributed by atoms with E-state index in [4.69, 9.17) is 14.2 Å². The van der Waals surface area contributed by atoms with Crippen LogP contribution in [0.25, 0.3) is 0 Å². The van der Waals surface area contributed by atoms with E-state index in [1.807, 2.05) is 0 Å². The number of ether oxygens (including phenoxy) is 3. The molecule has 0 aromatic heterocycles. The Balaban J connectivity index is 1.64. The fourth-order valence-electron chi connectivity index (χ4n) is 2.31. The highest BCUT2D eigenvalue weighted by Gasteiger charge is 2.09. The normalized spacial score (nSPS) is 10.1. The Bertz CT molecular complexity index is 816. The lowest BCUT2D eigenvalue weighted by Gasteiger charge is -2.08. The van der Waals surface area contributed by atoms with Gasteiger partial charge < -0.3 is 19.5 Å². The smallest absolute Gasteiger partial charge is 0.306 e. The van der Waals surface area contributed by atoms with Gasteiger partial charge in [0.05, 0.1) is 13.7 Å². The SMILES string of the molecule is COc1ccc(OCCCC(=O)OCC(=O)Nc2cccc(C(C)=O)c2)cc1. The molecule has 0 aliphatic heterocycles. The molecule has 7 heteroatoms. The molecule has 28 heavy (non-hydrogen) atoms. The predicted octanol–water partition coefficient (Wildman–Crippen LogP) is 3.24. The Morgan fingerprint density at radius 1 is 1.00 bits per heavy atom. The number of ketones is 1. The Hall–Kier alpha value is -3.35. The first-order valence-electron chi connectivity index (χ1n) is 8.81. The number of carbonyl (C=O) groups excluding carboxylic acids is 3. The topological polar surface area (TPSA) is 90.9 Å². The Morgan fingerprint density at radius 2 is 1.71 bits per heavy atom. The fraction of sp³-hybridized carbons (Fsp3) is 0.286. The van der Waals surface area contributed by atoms with Crippen molar-refractivity contribution < 1.29 is 28.6 Å². The maximum atomic E-state index is 11.9. The zero-order valence-corrected chi connectivity index (χ0v) is 15.9. The van der Waals surface area contributed by atoms with Gasteiger partial charge in [-0.2, -0.15) is 0 Å². The van der Waals surface area contributed by atoms with E-state index < -0.39 is 11.9 Å². The number of carbonyl (C=O) groups is 3. The summed E-state index contributed by atoms with van der Waals surface area (Å²) >= 11 is 0. The van der Waals surface area contributed by atoms with E-state index in [1.165, 1.54) is 6.92 Å². The van der Waals surface area contributed by atoms with E-state index in [0.29, 0.717) is 30.0 Å². The van der Waals surface area contributed by atoms with Crippen molar-refractivity contribution in [3.8, 4) is 11.5 Å². The van der Waals surface area contributed by atoms with Crippen LogP contribution in [0.4, 0.5) is 5.69 Å². The maximum Gasteiger partial charge on any atom is 0.306 e. The minimum absolute atomic E-state index is 0.0978. The highest BCUT2D eigenvalue weighted by Crippen LogP contribution is 2.17. The molecule has 0 bridgehead atoms. The predicted molar refractivity (Wildman–Crippen MR) is 104 cm³/mol. The van der Waals surface area contributed by atoms with Gasteiger partial charge >= 0.3 is 5.97 Å². The van der Waals surface area contributed by atoms with E-state index in [1.54, 1.807) is 55.6 Å². The Kier molecular flexibility index (Phi) is 8.02. The summed E-state index contributed by atoms with van der Waals surface area (Å²) in [7, 11) is 1.59. The number of methoxy groups -OCH3 is 1. The van der Waals surface area contributed by atoms with Crippen LogP contribution >= 0.6 is 0 Å². The van der Waals surface area contributed by atoms with Gasteiger partial charge in [-0.3, -0.25) is 14.4 Å². The van der Waals surface area contributed by atoms with Gasteiger partial charge in [-0.05, 0) is 49.7 Å². The second-order valence-electron chi connectivity index (χ2n) is 5.97. The number of rotatable bonds is 10. The zero-order valence-electron chi connectivity index (χ0n) is 15.9.